The molecule has 0 spiro atoms. The first-order chi connectivity index (χ1) is 12.0. The van der Waals surface area contributed by atoms with Crippen LogP contribution in [0, 0.1) is 0 Å². The van der Waals surface area contributed by atoms with Crippen molar-refractivity contribution in [2.24, 2.45) is 0 Å². The minimum Gasteiger partial charge on any atom is -0.497 e. The van der Waals surface area contributed by atoms with E-state index in [1.165, 1.54) is 31.4 Å². The van der Waals surface area contributed by atoms with E-state index < -0.39 is 62.2 Å². The van der Waals surface area contributed by atoms with Crippen molar-refractivity contribution in [3.8, 4) is 5.75 Å². The lowest BCUT2D eigenvalue weighted by Crippen LogP contribution is -2.33. The van der Waals surface area contributed by atoms with Gasteiger partial charge < -0.3 is 14.9 Å². The van der Waals surface area contributed by atoms with E-state index in [1.54, 1.807) is 0 Å². The van der Waals surface area contributed by atoms with Gasteiger partial charge in [-0.2, -0.15) is 21.6 Å². The van der Waals surface area contributed by atoms with Gasteiger partial charge in [0.15, 0.2) is 5.78 Å². The maximum Gasteiger partial charge on any atom is 0.523 e. The highest BCUT2D eigenvalue weighted by molar-refractivity contribution is 8.33. The third-order valence-corrected chi connectivity index (χ3v) is 8.33. The Morgan fingerprint density at radius 3 is 1.96 bits per heavy atom. The number of carbonyl (C=O) groups excluding carboxylic acids is 1. The smallest absolute Gasteiger partial charge is 0.497 e. The van der Waals surface area contributed by atoms with Crippen LogP contribution in [0.3, 0.4) is 0 Å². The summed E-state index contributed by atoms with van der Waals surface area (Å²) >= 11 is 0. The Bertz CT molecular complexity index is 696. The van der Waals surface area contributed by atoms with Gasteiger partial charge in [-0.25, -0.2) is 3.63 Å². The fourth-order valence-electron chi connectivity index (χ4n) is 2.00. The van der Waals surface area contributed by atoms with Crippen LogP contribution in [0.25, 0.3) is 0 Å². The van der Waals surface area contributed by atoms with Gasteiger partial charge in [-0.1, -0.05) is 0 Å². The van der Waals surface area contributed by atoms with Crippen LogP contribution >= 0.6 is 10.3 Å². The molecule has 0 atom stereocenters. The van der Waals surface area contributed by atoms with Gasteiger partial charge in [0, 0.05) is 17.1 Å². The SMILES string of the molecule is COc1ccc(C(=O)CS(CCO)(CCO)OS(=O)(=O)C(F)(F)F)cc1. The molecule has 0 aliphatic rings. The van der Waals surface area contributed by atoms with Gasteiger partial charge in [-0.15, -0.1) is 10.3 Å². The number of ketones is 1. The lowest BCUT2D eigenvalue weighted by atomic mass is 10.1. The van der Waals surface area contributed by atoms with Gasteiger partial charge in [0.2, 0.25) is 0 Å². The maximum atomic E-state index is 12.7. The van der Waals surface area contributed by atoms with Crippen molar-refractivity contribution < 1.29 is 45.0 Å². The molecule has 1 rings (SSSR count). The van der Waals surface area contributed by atoms with Gasteiger partial charge >= 0.3 is 15.6 Å². The first-order valence-corrected chi connectivity index (χ1v) is 10.7. The lowest BCUT2D eigenvalue weighted by molar-refractivity contribution is -0.0496. The normalized spacial score (nSPS) is 13.5. The van der Waals surface area contributed by atoms with Crippen molar-refractivity contribution in [2.45, 2.75) is 5.51 Å². The number of aliphatic hydroxyl groups excluding tert-OH is 2. The molecule has 0 saturated heterocycles. The van der Waals surface area contributed by atoms with Crippen molar-refractivity contribution >= 4 is 26.2 Å². The Hall–Kier alpha value is -1.34. The summed E-state index contributed by atoms with van der Waals surface area (Å²) in [5.41, 5.74) is -5.58. The van der Waals surface area contributed by atoms with E-state index in [0.29, 0.717) is 5.75 Å². The van der Waals surface area contributed by atoms with Gasteiger partial charge in [-0.3, -0.25) is 4.79 Å². The molecule has 0 fully saturated rings. The molecule has 0 amide bonds. The zero-order chi connectivity index (χ0) is 20.0. The summed E-state index contributed by atoms with van der Waals surface area (Å²) in [6, 6.07) is 5.63. The van der Waals surface area contributed by atoms with Gasteiger partial charge in [0.1, 0.15) is 5.75 Å². The number of Topliss-reactive ketones (excluding diaryl/α,β-unsaturated/α-hetero) is 1. The minimum absolute atomic E-state index is 0.103. The van der Waals surface area contributed by atoms with Crippen molar-refractivity contribution in [2.75, 3.05) is 37.6 Å². The molecule has 12 heteroatoms. The van der Waals surface area contributed by atoms with E-state index in [0.717, 1.165) is 0 Å². The molecule has 0 saturated carbocycles. The summed E-state index contributed by atoms with van der Waals surface area (Å²) in [5, 5.41) is 18.3. The summed E-state index contributed by atoms with van der Waals surface area (Å²) in [6.07, 6.45) is 0. The molecule has 1 aromatic rings. The van der Waals surface area contributed by atoms with Gasteiger partial charge in [0.05, 0.1) is 26.1 Å². The Balaban J connectivity index is 3.17. The Morgan fingerprint density at radius 1 is 1.08 bits per heavy atom. The Labute approximate surface area is 150 Å². The number of alkyl halides is 3. The van der Waals surface area contributed by atoms with Crippen molar-refractivity contribution in [1.29, 1.82) is 0 Å². The van der Waals surface area contributed by atoms with Crippen LogP contribution in [0.2, 0.25) is 0 Å². The van der Waals surface area contributed by atoms with Crippen LogP contribution in [-0.2, 0) is 13.7 Å². The number of hydrogen-bond acceptors (Lipinski definition) is 7. The van der Waals surface area contributed by atoms with Crippen LogP contribution in [-0.4, -0.2) is 67.5 Å². The molecule has 0 aliphatic heterocycles. The molecule has 7 nitrogen and oxygen atoms in total. The molecule has 150 valence electrons. The average Bonchev–Trinajstić information content (AvgIpc) is 2.53. The van der Waals surface area contributed by atoms with Gasteiger partial charge in [-0.05, 0) is 24.3 Å². The van der Waals surface area contributed by atoms with E-state index in [2.05, 4.69) is 3.63 Å². The van der Waals surface area contributed by atoms with E-state index in [4.69, 9.17) is 14.9 Å². The van der Waals surface area contributed by atoms with E-state index in [9.17, 15) is 26.4 Å². The second-order valence-corrected chi connectivity index (χ2v) is 10.0. The van der Waals surface area contributed by atoms with Crippen LogP contribution in [0.5, 0.6) is 5.75 Å². The van der Waals surface area contributed by atoms with Crippen LogP contribution in [0.4, 0.5) is 13.2 Å². The quantitative estimate of drug-likeness (QED) is 0.435. The zero-order valence-corrected chi connectivity index (χ0v) is 15.4. The minimum atomic E-state index is -6.00. The molecular formula is C14H19F3O7S2. The number of benzene rings is 1. The molecule has 26 heavy (non-hydrogen) atoms. The highest BCUT2D eigenvalue weighted by Gasteiger charge is 2.51. The molecule has 2 N–H and O–H groups in total. The predicted molar refractivity (Wildman–Crippen MR) is 89.7 cm³/mol. The highest BCUT2D eigenvalue weighted by atomic mass is 32.3. The van der Waals surface area contributed by atoms with Crippen LogP contribution < -0.4 is 4.74 Å². The number of carbonyl (C=O) groups is 1. The topological polar surface area (TPSA) is 110 Å². The molecule has 0 unspecified atom stereocenters. The molecule has 0 bridgehead atoms. The summed E-state index contributed by atoms with van der Waals surface area (Å²) in [5.74, 6) is -1.95. The van der Waals surface area contributed by atoms with Gasteiger partial charge in [0.25, 0.3) is 0 Å². The second kappa shape index (κ2) is 9.04. The summed E-state index contributed by atoms with van der Waals surface area (Å²) in [4.78, 5) is 12.4. The third-order valence-electron chi connectivity index (χ3n) is 3.25. The number of rotatable bonds is 10. The first-order valence-electron chi connectivity index (χ1n) is 7.18. The molecule has 0 aliphatic carbocycles. The maximum absolute atomic E-state index is 12.7. The number of aliphatic hydroxyl groups is 2. The summed E-state index contributed by atoms with van der Waals surface area (Å²) in [6.45, 7) is -1.42. The van der Waals surface area contributed by atoms with Crippen molar-refractivity contribution in [3.63, 3.8) is 0 Å². The number of halogens is 3. The predicted octanol–water partition coefficient (Wildman–Crippen LogP) is 1.45. The fraction of sp³-hybridized carbons (Fsp3) is 0.500. The first kappa shape index (κ1) is 22.7. The van der Waals surface area contributed by atoms with E-state index in [1.807, 2.05) is 0 Å². The molecule has 1 aromatic carbocycles. The third kappa shape index (κ3) is 5.84. The summed E-state index contributed by atoms with van der Waals surface area (Å²) < 4.78 is 70.1. The monoisotopic (exact) mass is 420 g/mol. The second-order valence-electron chi connectivity index (χ2n) is 5.09. The largest absolute Gasteiger partial charge is 0.523 e. The van der Waals surface area contributed by atoms with Crippen molar-refractivity contribution in [3.05, 3.63) is 29.8 Å². The molecule has 0 heterocycles. The fourth-order valence-corrected chi connectivity index (χ4v) is 6.37. The Morgan fingerprint density at radius 2 is 1.58 bits per heavy atom. The summed E-state index contributed by atoms with van der Waals surface area (Å²) in [7, 11) is -7.88. The lowest BCUT2D eigenvalue weighted by Gasteiger charge is -2.37. The number of methoxy groups -OCH3 is 1. The molecule has 0 radical (unpaired) electrons. The number of ether oxygens (including phenoxy) is 1. The molecule has 0 aromatic heterocycles. The van der Waals surface area contributed by atoms with E-state index in [-0.39, 0.29) is 5.56 Å². The van der Waals surface area contributed by atoms with Crippen LogP contribution in [0.15, 0.2) is 24.3 Å². The molecular weight excluding hydrogens is 401 g/mol. The standard InChI is InChI=1S/C14H19F3O7S2/c1-23-12-4-2-11(3-5-12)13(20)10-25(8-6-18,9-7-19)24-26(21,22)14(15,16)17/h2-5,18-19H,6-10H2,1H3. The van der Waals surface area contributed by atoms with Crippen LogP contribution in [0.1, 0.15) is 10.4 Å². The Kier molecular flexibility index (Phi) is 7.89. The van der Waals surface area contributed by atoms with E-state index >= 15 is 0 Å². The van der Waals surface area contributed by atoms with Crippen molar-refractivity contribution in [1.82, 2.24) is 0 Å². The highest BCUT2D eigenvalue weighted by Crippen LogP contribution is 2.52. The zero-order valence-electron chi connectivity index (χ0n) is 13.7. The number of hydrogen-bond donors (Lipinski definition) is 2. The average molecular weight is 420 g/mol.